The number of ether oxygens (including phenoxy) is 1. The fraction of sp³-hybridized carbons (Fsp3) is 0.562. The summed E-state index contributed by atoms with van der Waals surface area (Å²) in [6.45, 7) is 1.31. The van der Waals surface area contributed by atoms with Gasteiger partial charge >= 0.3 is 0 Å². The van der Waals surface area contributed by atoms with E-state index in [1.807, 2.05) is 12.1 Å². The minimum atomic E-state index is -0.425. The molecule has 1 aliphatic carbocycles. The maximum Gasteiger partial charge on any atom is 0.257 e. The number of carbonyl (C=O) groups is 1. The second-order valence-electron chi connectivity index (χ2n) is 5.79. The molecule has 0 radical (unpaired) electrons. The summed E-state index contributed by atoms with van der Waals surface area (Å²) in [7, 11) is 1.77. The number of hydrogen-bond acceptors (Lipinski definition) is 4. The Morgan fingerprint density at radius 3 is 3.00 bits per heavy atom. The third kappa shape index (κ3) is 2.70. The van der Waals surface area contributed by atoms with Gasteiger partial charge in [0, 0.05) is 13.6 Å². The van der Waals surface area contributed by atoms with E-state index in [0.717, 1.165) is 37.9 Å². The van der Waals surface area contributed by atoms with Crippen LogP contribution in [0.2, 0.25) is 0 Å². The molecule has 21 heavy (non-hydrogen) atoms. The molecule has 3 rings (SSSR count). The van der Waals surface area contributed by atoms with Crippen molar-refractivity contribution in [2.45, 2.75) is 37.8 Å². The van der Waals surface area contributed by atoms with Crippen LogP contribution in [0, 0.1) is 0 Å². The van der Waals surface area contributed by atoms with Crippen molar-refractivity contribution in [1.29, 1.82) is 0 Å². The van der Waals surface area contributed by atoms with Gasteiger partial charge < -0.3 is 20.1 Å². The fourth-order valence-corrected chi connectivity index (χ4v) is 3.22. The Morgan fingerprint density at radius 1 is 1.38 bits per heavy atom. The molecule has 2 atom stereocenters. The topological polar surface area (TPSA) is 61.8 Å². The first-order valence-electron chi connectivity index (χ1n) is 7.63. The molecule has 2 N–H and O–H groups in total. The molecule has 1 saturated carbocycles. The zero-order valence-electron chi connectivity index (χ0n) is 12.3. The molecule has 114 valence electrons. The minimum absolute atomic E-state index is 0.0819. The zero-order chi connectivity index (χ0) is 14.8. The lowest BCUT2D eigenvalue weighted by molar-refractivity contribution is 0.0265. The molecule has 0 spiro atoms. The van der Waals surface area contributed by atoms with Crippen molar-refractivity contribution >= 4 is 11.6 Å². The lowest BCUT2D eigenvalue weighted by Crippen LogP contribution is -2.46. The molecular weight excluding hydrogens is 268 g/mol. The van der Waals surface area contributed by atoms with Crippen molar-refractivity contribution in [3.05, 3.63) is 23.8 Å². The van der Waals surface area contributed by atoms with E-state index in [4.69, 9.17) is 4.74 Å². The van der Waals surface area contributed by atoms with Crippen LogP contribution in [0.4, 0.5) is 5.69 Å². The molecule has 0 aromatic heterocycles. The molecular formula is C16H22N2O3. The van der Waals surface area contributed by atoms with Crippen molar-refractivity contribution in [1.82, 2.24) is 4.90 Å². The Bertz CT molecular complexity index is 532. The fourth-order valence-electron chi connectivity index (χ4n) is 3.22. The van der Waals surface area contributed by atoms with Crippen molar-refractivity contribution < 1.29 is 14.6 Å². The quantitative estimate of drug-likeness (QED) is 0.873. The Morgan fingerprint density at radius 2 is 2.19 bits per heavy atom. The first-order valence-corrected chi connectivity index (χ1v) is 7.63. The second-order valence-corrected chi connectivity index (χ2v) is 5.79. The molecule has 1 aromatic rings. The van der Waals surface area contributed by atoms with Gasteiger partial charge in [0.05, 0.1) is 23.4 Å². The van der Waals surface area contributed by atoms with Crippen LogP contribution in [-0.4, -0.2) is 48.3 Å². The van der Waals surface area contributed by atoms with E-state index >= 15 is 0 Å². The first-order chi connectivity index (χ1) is 10.2. The molecule has 1 aliphatic heterocycles. The molecule has 5 nitrogen and oxygen atoms in total. The normalized spacial score (nSPS) is 24.5. The van der Waals surface area contributed by atoms with Gasteiger partial charge in [-0.3, -0.25) is 4.79 Å². The van der Waals surface area contributed by atoms with E-state index in [9.17, 15) is 9.90 Å². The molecule has 0 bridgehead atoms. The van der Waals surface area contributed by atoms with Crippen molar-refractivity contribution in [3.63, 3.8) is 0 Å². The first kappa shape index (κ1) is 14.2. The number of aliphatic hydroxyl groups is 1. The summed E-state index contributed by atoms with van der Waals surface area (Å²) < 4.78 is 5.67. The average Bonchev–Trinajstić information content (AvgIpc) is 2.53. The van der Waals surface area contributed by atoms with Gasteiger partial charge in [0.2, 0.25) is 0 Å². The third-order valence-corrected chi connectivity index (χ3v) is 4.42. The molecule has 1 aromatic carbocycles. The molecule has 1 fully saturated rings. The van der Waals surface area contributed by atoms with Crippen LogP contribution in [0.25, 0.3) is 0 Å². The highest BCUT2D eigenvalue weighted by atomic mass is 16.5. The summed E-state index contributed by atoms with van der Waals surface area (Å²) in [4.78, 5) is 14.4. The Balaban J connectivity index is 1.84. The molecule has 1 heterocycles. The van der Waals surface area contributed by atoms with Crippen molar-refractivity contribution in [3.8, 4) is 5.75 Å². The molecule has 2 unspecified atom stereocenters. The van der Waals surface area contributed by atoms with E-state index in [1.165, 1.54) is 0 Å². The van der Waals surface area contributed by atoms with Crippen LogP contribution in [-0.2, 0) is 0 Å². The maximum atomic E-state index is 12.8. The van der Waals surface area contributed by atoms with E-state index in [1.54, 1.807) is 18.0 Å². The number of hydrogen-bond donors (Lipinski definition) is 2. The van der Waals surface area contributed by atoms with Crippen molar-refractivity contribution in [2.75, 3.05) is 25.5 Å². The van der Waals surface area contributed by atoms with Crippen LogP contribution in [0.1, 0.15) is 36.0 Å². The number of nitrogens with one attached hydrogen (secondary N) is 1. The lowest BCUT2D eigenvalue weighted by Gasteiger charge is -2.35. The van der Waals surface area contributed by atoms with Gasteiger partial charge in [0.25, 0.3) is 5.91 Å². The molecule has 5 heteroatoms. The minimum Gasteiger partial charge on any atom is -0.489 e. The van der Waals surface area contributed by atoms with Gasteiger partial charge in [-0.15, -0.1) is 0 Å². The standard InChI is InChI=1S/C16H22N2O3/c1-18(13-7-2-3-8-14(13)19)16(20)11-5-4-6-12-15(11)21-10-9-17-12/h4-6,13-14,17,19H,2-3,7-10H2,1H3. The monoisotopic (exact) mass is 290 g/mol. The third-order valence-electron chi connectivity index (χ3n) is 4.42. The summed E-state index contributed by atoms with van der Waals surface area (Å²) in [5.41, 5.74) is 1.43. The van der Waals surface area contributed by atoms with Gasteiger partial charge in [-0.25, -0.2) is 0 Å². The predicted octanol–water partition coefficient (Wildman–Crippen LogP) is 1.87. The number of nitrogens with zero attached hydrogens (tertiary/aromatic N) is 1. The number of aliphatic hydroxyl groups excluding tert-OH is 1. The number of rotatable bonds is 2. The number of para-hydroxylation sites is 1. The summed E-state index contributed by atoms with van der Waals surface area (Å²) in [5, 5.41) is 13.4. The highest BCUT2D eigenvalue weighted by molar-refractivity contribution is 5.99. The summed E-state index contributed by atoms with van der Waals surface area (Å²) >= 11 is 0. The second kappa shape index (κ2) is 5.93. The number of carbonyl (C=O) groups excluding carboxylic acids is 1. The van der Waals surface area contributed by atoms with Crippen LogP contribution in [0.3, 0.4) is 0 Å². The highest BCUT2D eigenvalue weighted by Crippen LogP contribution is 2.33. The number of benzene rings is 1. The molecule has 0 saturated heterocycles. The van der Waals surface area contributed by atoms with Gasteiger partial charge in [0.1, 0.15) is 6.61 Å². The summed E-state index contributed by atoms with van der Waals surface area (Å²) in [6.07, 6.45) is 3.30. The smallest absolute Gasteiger partial charge is 0.257 e. The van der Waals surface area contributed by atoms with E-state index < -0.39 is 6.10 Å². The number of likely N-dealkylation sites (N-methyl/N-ethyl adjacent to an activating group) is 1. The van der Waals surface area contributed by atoms with Crippen LogP contribution in [0.15, 0.2) is 18.2 Å². The van der Waals surface area contributed by atoms with Gasteiger partial charge in [-0.1, -0.05) is 18.9 Å². The Labute approximate surface area is 124 Å². The number of anilines is 1. The van der Waals surface area contributed by atoms with Gasteiger partial charge in [-0.2, -0.15) is 0 Å². The lowest BCUT2D eigenvalue weighted by atomic mass is 9.91. The largest absolute Gasteiger partial charge is 0.489 e. The van der Waals surface area contributed by atoms with Crippen LogP contribution < -0.4 is 10.1 Å². The molecule has 1 amide bonds. The molecule has 2 aliphatic rings. The zero-order valence-corrected chi connectivity index (χ0v) is 12.3. The maximum absolute atomic E-state index is 12.8. The van der Waals surface area contributed by atoms with Gasteiger partial charge in [0.15, 0.2) is 5.75 Å². The van der Waals surface area contributed by atoms with Crippen LogP contribution >= 0.6 is 0 Å². The van der Waals surface area contributed by atoms with Gasteiger partial charge in [-0.05, 0) is 25.0 Å². The SMILES string of the molecule is CN(C(=O)c1cccc2c1OCCN2)C1CCCCC1O. The van der Waals surface area contributed by atoms with E-state index in [-0.39, 0.29) is 11.9 Å². The average molecular weight is 290 g/mol. The number of fused-ring (bicyclic) bond motifs is 1. The predicted molar refractivity (Wildman–Crippen MR) is 80.8 cm³/mol. The highest BCUT2D eigenvalue weighted by Gasteiger charge is 2.31. The van der Waals surface area contributed by atoms with E-state index in [2.05, 4.69) is 5.32 Å². The number of amides is 1. The van der Waals surface area contributed by atoms with Crippen LogP contribution in [0.5, 0.6) is 5.75 Å². The summed E-state index contributed by atoms with van der Waals surface area (Å²) in [6, 6.07) is 5.47. The Kier molecular flexibility index (Phi) is 4.01. The van der Waals surface area contributed by atoms with E-state index in [0.29, 0.717) is 17.9 Å². The summed E-state index contributed by atoms with van der Waals surface area (Å²) in [5.74, 6) is 0.549. The Hall–Kier alpha value is -1.75. The van der Waals surface area contributed by atoms with Crippen molar-refractivity contribution in [2.24, 2.45) is 0 Å².